The van der Waals surface area contributed by atoms with Gasteiger partial charge in [0.05, 0.1) is 16.1 Å². The van der Waals surface area contributed by atoms with E-state index in [4.69, 9.17) is 15.0 Å². The molecule has 30 heavy (non-hydrogen) atoms. The van der Waals surface area contributed by atoms with Gasteiger partial charge < -0.3 is 25.3 Å². The smallest absolute Gasteiger partial charge is 0.412 e. The number of nitrogens with one attached hydrogen (secondary N) is 2. The Labute approximate surface area is 171 Å². The number of amides is 1. The van der Waals surface area contributed by atoms with E-state index < -0.39 is 16.1 Å². The number of nitrogens with zero attached hydrogens (tertiary/aromatic N) is 2. The minimum Gasteiger partial charge on any atom is -0.493 e. The Morgan fingerprint density at radius 2 is 1.90 bits per heavy atom. The molecule has 1 aromatic heterocycles. The number of azo groups is 1. The summed E-state index contributed by atoms with van der Waals surface area (Å²) in [5.74, 6) is -0.0172. The predicted molar refractivity (Wildman–Crippen MR) is 108 cm³/mol. The maximum Gasteiger partial charge on any atom is 0.412 e. The van der Waals surface area contributed by atoms with Crippen molar-refractivity contribution in [3.05, 3.63) is 42.5 Å². The van der Waals surface area contributed by atoms with Crippen molar-refractivity contribution < 1.29 is 28.2 Å². The first-order chi connectivity index (χ1) is 14.3. The molecule has 0 spiro atoms. The Morgan fingerprint density at radius 3 is 2.57 bits per heavy atom. The normalized spacial score (nSPS) is 11.8. The Kier molecular flexibility index (Phi) is 6.30. The van der Waals surface area contributed by atoms with Crippen LogP contribution in [0.3, 0.4) is 0 Å². The van der Waals surface area contributed by atoms with Gasteiger partial charge in [-0.25, -0.2) is 18.4 Å². The number of hydrogen-bond donors (Lipinski definition) is 5. The highest BCUT2D eigenvalue weighted by Gasteiger charge is 2.13. The summed E-state index contributed by atoms with van der Waals surface area (Å²) in [6.45, 7) is 0.222. The van der Waals surface area contributed by atoms with Crippen LogP contribution in [-0.4, -0.2) is 42.9 Å². The van der Waals surface area contributed by atoms with Crippen molar-refractivity contribution in [2.75, 3.05) is 13.2 Å². The molecule has 0 aliphatic rings. The van der Waals surface area contributed by atoms with E-state index in [0.717, 1.165) is 0 Å². The van der Waals surface area contributed by atoms with Gasteiger partial charge in [0.15, 0.2) is 5.69 Å². The van der Waals surface area contributed by atoms with Crippen LogP contribution in [0.2, 0.25) is 0 Å². The number of benzene rings is 2. The van der Waals surface area contributed by atoms with Crippen LogP contribution >= 0.6 is 0 Å². The number of aromatic amines is 1. The molecule has 0 aliphatic carbocycles. The molecule has 3 aromatic rings. The van der Waals surface area contributed by atoms with E-state index in [-0.39, 0.29) is 35.4 Å². The lowest BCUT2D eigenvalue weighted by molar-refractivity contribution is 0.199. The first-order valence-electron chi connectivity index (χ1n) is 8.74. The molecule has 0 saturated carbocycles. The van der Waals surface area contributed by atoms with E-state index in [0.29, 0.717) is 23.0 Å². The summed E-state index contributed by atoms with van der Waals surface area (Å²) in [6, 6.07) is 10.1. The minimum atomic E-state index is -3.81. The van der Waals surface area contributed by atoms with E-state index in [1.54, 1.807) is 6.07 Å². The third kappa shape index (κ3) is 5.11. The van der Waals surface area contributed by atoms with E-state index in [1.165, 1.54) is 36.4 Å². The van der Waals surface area contributed by atoms with Gasteiger partial charge in [0.25, 0.3) is 0 Å². The number of aliphatic hydroxyl groups excluding tert-OH is 1. The van der Waals surface area contributed by atoms with E-state index in [9.17, 15) is 18.3 Å². The van der Waals surface area contributed by atoms with Gasteiger partial charge in [-0.15, -0.1) is 5.11 Å². The van der Waals surface area contributed by atoms with Crippen molar-refractivity contribution in [2.45, 2.75) is 11.3 Å². The molecule has 0 fully saturated rings. The third-order valence-electron chi connectivity index (χ3n) is 3.97. The van der Waals surface area contributed by atoms with Gasteiger partial charge in [-0.3, -0.25) is 0 Å². The molecule has 0 bridgehead atoms. The average molecular weight is 433 g/mol. The van der Waals surface area contributed by atoms with E-state index in [1.807, 2.05) is 0 Å². The third-order valence-corrected chi connectivity index (χ3v) is 4.90. The summed E-state index contributed by atoms with van der Waals surface area (Å²) in [7, 11) is -3.81. The second kappa shape index (κ2) is 8.90. The second-order valence-corrected chi connectivity index (χ2v) is 7.72. The van der Waals surface area contributed by atoms with Crippen LogP contribution in [0.4, 0.5) is 16.2 Å². The molecule has 0 atom stereocenters. The second-order valence-electron chi connectivity index (χ2n) is 6.16. The summed E-state index contributed by atoms with van der Waals surface area (Å²) in [5.41, 5.74) is 0.998. The molecule has 1 heterocycles. The average Bonchev–Trinajstić information content (AvgIpc) is 3.00. The van der Waals surface area contributed by atoms with Crippen LogP contribution in [-0.2, 0) is 10.0 Å². The first kappa shape index (κ1) is 21.2. The number of ether oxygens (including phenoxy) is 1. The zero-order chi connectivity index (χ0) is 21.7. The van der Waals surface area contributed by atoms with Crippen molar-refractivity contribution in [1.29, 1.82) is 0 Å². The van der Waals surface area contributed by atoms with Crippen molar-refractivity contribution >= 4 is 38.4 Å². The Morgan fingerprint density at radius 1 is 1.17 bits per heavy atom. The number of carbonyl (C=O) groups is 1. The van der Waals surface area contributed by atoms with Gasteiger partial charge in [0.2, 0.25) is 15.9 Å². The molecule has 0 aliphatic heterocycles. The number of primary sulfonamides is 1. The molecule has 0 unspecified atom stereocenters. The van der Waals surface area contributed by atoms with Gasteiger partial charge in [-0.2, -0.15) is 5.11 Å². The van der Waals surface area contributed by atoms with Crippen LogP contribution in [0.1, 0.15) is 6.42 Å². The Hall–Kier alpha value is -3.48. The number of rotatable bonds is 7. The highest BCUT2D eigenvalue weighted by molar-refractivity contribution is 7.89. The van der Waals surface area contributed by atoms with Crippen LogP contribution < -0.4 is 15.2 Å². The molecule has 0 radical (unpaired) electrons. The number of carbonyl (C=O) groups excluding carboxylic acids is 1. The fraction of sp³-hybridized carbons (Fsp3) is 0.167. The van der Waals surface area contributed by atoms with Crippen molar-refractivity contribution in [1.82, 2.24) is 10.3 Å². The standard InChI is InChI=1S/C18H19N5O6S/c19-30(27,28)13-5-2-11(3-6-13)22-23-16-14-10-12(4-7-15(14)21-17(16)25)29-18(26)20-8-1-9-24/h2-7,10,21,24-25H,1,8-9H2,(H,20,26)(H2,19,27,28). The Bertz CT molecular complexity index is 1190. The highest BCUT2D eigenvalue weighted by atomic mass is 32.2. The lowest BCUT2D eigenvalue weighted by Gasteiger charge is -2.06. The number of nitrogens with two attached hydrogens (primary N) is 1. The summed E-state index contributed by atoms with van der Waals surface area (Å²) in [5, 5.41) is 34.9. The largest absolute Gasteiger partial charge is 0.493 e. The zero-order valence-corrected chi connectivity index (χ0v) is 16.4. The van der Waals surface area contributed by atoms with E-state index in [2.05, 4.69) is 20.5 Å². The summed E-state index contributed by atoms with van der Waals surface area (Å²) >= 11 is 0. The fourth-order valence-corrected chi connectivity index (χ4v) is 3.05. The fourth-order valence-electron chi connectivity index (χ4n) is 2.53. The maximum absolute atomic E-state index is 11.8. The van der Waals surface area contributed by atoms with Crippen LogP contribution in [0.5, 0.6) is 11.6 Å². The highest BCUT2D eigenvalue weighted by Crippen LogP contribution is 2.38. The van der Waals surface area contributed by atoms with Crippen molar-refractivity contribution in [3.8, 4) is 11.6 Å². The van der Waals surface area contributed by atoms with Crippen LogP contribution in [0.15, 0.2) is 57.6 Å². The van der Waals surface area contributed by atoms with Crippen LogP contribution in [0, 0.1) is 0 Å². The molecule has 12 heteroatoms. The molecule has 1 amide bonds. The summed E-state index contributed by atoms with van der Waals surface area (Å²) < 4.78 is 27.8. The number of aliphatic hydroxyl groups is 1. The SMILES string of the molecule is NS(=O)(=O)c1ccc(N=Nc2c(O)[nH]c3ccc(OC(=O)NCCCO)cc23)cc1. The molecular formula is C18H19N5O6S. The van der Waals surface area contributed by atoms with Crippen molar-refractivity contribution in [2.24, 2.45) is 15.4 Å². The molecule has 11 nitrogen and oxygen atoms in total. The quantitative estimate of drug-likeness (QED) is 0.282. The number of H-pyrrole nitrogens is 1. The molecule has 2 aromatic carbocycles. The van der Waals surface area contributed by atoms with Gasteiger partial charge >= 0.3 is 6.09 Å². The Balaban J connectivity index is 1.82. The lowest BCUT2D eigenvalue weighted by atomic mass is 10.2. The van der Waals surface area contributed by atoms with Gasteiger partial charge in [-0.1, -0.05) is 0 Å². The van der Waals surface area contributed by atoms with Crippen LogP contribution in [0.25, 0.3) is 10.9 Å². The molecule has 6 N–H and O–H groups in total. The van der Waals surface area contributed by atoms with Gasteiger partial charge in [0.1, 0.15) is 5.75 Å². The molecule has 158 valence electrons. The lowest BCUT2D eigenvalue weighted by Crippen LogP contribution is -2.28. The number of fused-ring (bicyclic) bond motifs is 1. The first-order valence-corrected chi connectivity index (χ1v) is 10.3. The molecular weight excluding hydrogens is 414 g/mol. The topological polar surface area (TPSA) is 179 Å². The van der Waals surface area contributed by atoms with Crippen molar-refractivity contribution in [3.63, 3.8) is 0 Å². The summed E-state index contributed by atoms with van der Waals surface area (Å²) in [4.78, 5) is 14.4. The minimum absolute atomic E-state index is 0.0476. The number of aromatic hydroxyl groups is 1. The molecule has 3 rings (SSSR count). The zero-order valence-electron chi connectivity index (χ0n) is 15.6. The van der Waals surface area contributed by atoms with Gasteiger partial charge in [-0.05, 0) is 48.9 Å². The monoisotopic (exact) mass is 433 g/mol. The van der Waals surface area contributed by atoms with Gasteiger partial charge in [0, 0.05) is 18.5 Å². The maximum atomic E-state index is 11.8. The van der Waals surface area contributed by atoms with E-state index >= 15 is 0 Å². The number of aromatic nitrogens is 1. The molecule has 0 saturated heterocycles. The number of sulfonamides is 1. The predicted octanol–water partition coefficient (Wildman–Crippen LogP) is 2.41. The summed E-state index contributed by atoms with van der Waals surface area (Å²) in [6.07, 6.45) is -0.275. The number of hydrogen-bond acceptors (Lipinski definition) is 8.